The molecule has 0 aliphatic heterocycles. The first-order valence-electron chi connectivity index (χ1n) is 6.83. The Kier molecular flexibility index (Phi) is 4.26. The number of hydrogen-bond donors (Lipinski definition) is 1. The minimum Gasteiger partial charge on any atom is -0.490 e. The van der Waals surface area contributed by atoms with E-state index in [-0.39, 0.29) is 6.04 Å². The van der Waals surface area contributed by atoms with Crippen molar-refractivity contribution < 1.29 is 4.74 Å². The summed E-state index contributed by atoms with van der Waals surface area (Å²) in [6, 6.07) is 16.6. The highest BCUT2D eigenvalue weighted by molar-refractivity contribution is 5.88. The van der Waals surface area contributed by atoms with Crippen LogP contribution >= 0.6 is 0 Å². The highest BCUT2D eigenvalue weighted by Crippen LogP contribution is 2.25. The van der Waals surface area contributed by atoms with Crippen LogP contribution in [-0.4, -0.2) is 18.2 Å². The Hall–Kier alpha value is -2.05. The fourth-order valence-corrected chi connectivity index (χ4v) is 2.29. The van der Waals surface area contributed by atoms with E-state index in [1.807, 2.05) is 51.1 Å². The van der Waals surface area contributed by atoms with Crippen molar-refractivity contribution in [3.63, 3.8) is 0 Å². The highest BCUT2D eigenvalue weighted by atomic mass is 16.5. The van der Waals surface area contributed by atoms with Gasteiger partial charge in [-0.3, -0.25) is 5.32 Å². The van der Waals surface area contributed by atoms with E-state index in [1.54, 1.807) is 0 Å². The molecule has 1 atom stereocenters. The molecule has 104 valence electrons. The summed E-state index contributed by atoms with van der Waals surface area (Å²) in [5, 5.41) is 14.8. The van der Waals surface area contributed by atoms with E-state index < -0.39 is 5.54 Å². The predicted octanol–water partition coefficient (Wildman–Crippen LogP) is 3.50. The standard InChI is InChI=1S/C17H20N2O/c1-13(2)19-17(3,11-18)12-20-16-10-6-8-14-7-4-5-9-15(14)16/h4-10,13,19H,12H2,1-3H3. The molecule has 0 radical (unpaired) electrons. The molecule has 2 aromatic carbocycles. The average molecular weight is 268 g/mol. The molecule has 0 aliphatic rings. The summed E-state index contributed by atoms with van der Waals surface area (Å²) >= 11 is 0. The lowest BCUT2D eigenvalue weighted by Crippen LogP contribution is -2.49. The molecular formula is C17H20N2O. The summed E-state index contributed by atoms with van der Waals surface area (Å²) < 4.78 is 5.89. The van der Waals surface area contributed by atoms with E-state index in [1.165, 1.54) is 0 Å². The van der Waals surface area contributed by atoms with Crippen molar-refractivity contribution in [1.82, 2.24) is 5.32 Å². The normalized spacial score (nSPS) is 13.9. The third-order valence-corrected chi connectivity index (χ3v) is 3.12. The Morgan fingerprint density at radius 2 is 1.90 bits per heavy atom. The number of benzene rings is 2. The second-order valence-electron chi connectivity index (χ2n) is 5.51. The monoisotopic (exact) mass is 268 g/mol. The zero-order valence-electron chi connectivity index (χ0n) is 12.2. The van der Waals surface area contributed by atoms with Gasteiger partial charge in [0.2, 0.25) is 0 Å². The van der Waals surface area contributed by atoms with Crippen molar-refractivity contribution in [2.75, 3.05) is 6.61 Å². The third-order valence-electron chi connectivity index (χ3n) is 3.12. The lowest BCUT2D eigenvalue weighted by atomic mass is 10.0. The second kappa shape index (κ2) is 5.94. The van der Waals surface area contributed by atoms with Crippen LogP contribution in [0.2, 0.25) is 0 Å². The van der Waals surface area contributed by atoms with Crippen LogP contribution in [-0.2, 0) is 0 Å². The van der Waals surface area contributed by atoms with Gasteiger partial charge in [-0.2, -0.15) is 5.26 Å². The molecule has 0 saturated heterocycles. The van der Waals surface area contributed by atoms with Gasteiger partial charge >= 0.3 is 0 Å². The fourth-order valence-electron chi connectivity index (χ4n) is 2.29. The Balaban J connectivity index is 2.19. The minimum atomic E-state index is -0.689. The van der Waals surface area contributed by atoms with Crippen molar-refractivity contribution in [1.29, 1.82) is 5.26 Å². The minimum absolute atomic E-state index is 0.232. The number of hydrogen-bond acceptors (Lipinski definition) is 3. The van der Waals surface area contributed by atoms with E-state index >= 15 is 0 Å². The van der Waals surface area contributed by atoms with Gasteiger partial charge < -0.3 is 4.74 Å². The molecule has 0 aliphatic carbocycles. The van der Waals surface area contributed by atoms with Gasteiger partial charge in [-0.05, 0) is 32.2 Å². The van der Waals surface area contributed by atoms with Crippen molar-refractivity contribution in [2.45, 2.75) is 32.4 Å². The summed E-state index contributed by atoms with van der Waals surface area (Å²) in [7, 11) is 0. The van der Waals surface area contributed by atoms with Crippen molar-refractivity contribution >= 4 is 10.8 Å². The van der Waals surface area contributed by atoms with Crippen LogP contribution in [0.3, 0.4) is 0 Å². The Morgan fingerprint density at radius 3 is 2.60 bits per heavy atom. The van der Waals surface area contributed by atoms with Crippen molar-refractivity contribution in [3.8, 4) is 11.8 Å². The third kappa shape index (κ3) is 3.28. The number of rotatable bonds is 5. The molecule has 2 rings (SSSR count). The maximum Gasteiger partial charge on any atom is 0.138 e. The van der Waals surface area contributed by atoms with Crippen LogP contribution in [0.4, 0.5) is 0 Å². The molecule has 0 amide bonds. The van der Waals surface area contributed by atoms with Crippen molar-refractivity contribution in [2.24, 2.45) is 0 Å². The van der Waals surface area contributed by atoms with Gasteiger partial charge in [-0.25, -0.2) is 0 Å². The molecule has 0 saturated carbocycles. The molecule has 20 heavy (non-hydrogen) atoms. The van der Waals surface area contributed by atoms with E-state index in [2.05, 4.69) is 23.5 Å². The van der Waals surface area contributed by atoms with Crippen LogP contribution < -0.4 is 10.1 Å². The number of nitriles is 1. The molecule has 0 spiro atoms. The summed E-state index contributed by atoms with van der Waals surface area (Å²) in [5.74, 6) is 0.815. The lowest BCUT2D eigenvalue weighted by molar-refractivity contribution is 0.227. The number of fused-ring (bicyclic) bond motifs is 1. The van der Waals surface area contributed by atoms with Crippen LogP contribution in [0.5, 0.6) is 5.75 Å². The molecule has 3 nitrogen and oxygen atoms in total. The Labute approximate surface area is 120 Å². The molecule has 3 heteroatoms. The molecule has 0 aromatic heterocycles. The summed E-state index contributed by atoms with van der Waals surface area (Å²) in [5.41, 5.74) is -0.689. The van der Waals surface area contributed by atoms with Gasteiger partial charge in [0.05, 0.1) is 6.07 Å². The fraction of sp³-hybridized carbons (Fsp3) is 0.353. The van der Waals surface area contributed by atoms with E-state index in [9.17, 15) is 5.26 Å². The average Bonchev–Trinajstić information content (AvgIpc) is 2.44. The van der Waals surface area contributed by atoms with E-state index in [0.29, 0.717) is 6.61 Å². The highest BCUT2D eigenvalue weighted by Gasteiger charge is 2.25. The van der Waals surface area contributed by atoms with Gasteiger partial charge in [0.25, 0.3) is 0 Å². The molecule has 2 aromatic rings. The first-order chi connectivity index (χ1) is 9.54. The summed E-state index contributed by atoms with van der Waals surface area (Å²) in [4.78, 5) is 0. The first kappa shape index (κ1) is 14.4. The van der Waals surface area contributed by atoms with Gasteiger partial charge in [-0.15, -0.1) is 0 Å². The van der Waals surface area contributed by atoms with Crippen LogP contribution in [0, 0.1) is 11.3 Å². The van der Waals surface area contributed by atoms with Crippen molar-refractivity contribution in [3.05, 3.63) is 42.5 Å². The maximum absolute atomic E-state index is 9.33. The molecule has 0 bridgehead atoms. The zero-order chi connectivity index (χ0) is 14.6. The SMILES string of the molecule is CC(C)NC(C)(C#N)COc1cccc2ccccc12. The van der Waals surface area contributed by atoms with Crippen LogP contribution in [0.25, 0.3) is 10.8 Å². The van der Waals surface area contributed by atoms with Gasteiger partial charge in [0.1, 0.15) is 17.9 Å². The largest absolute Gasteiger partial charge is 0.490 e. The molecule has 1 N–H and O–H groups in total. The first-order valence-corrected chi connectivity index (χ1v) is 6.83. The molecule has 1 unspecified atom stereocenters. The summed E-state index contributed by atoms with van der Waals surface area (Å²) in [6.45, 7) is 6.22. The maximum atomic E-state index is 9.33. The van der Waals surface area contributed by atoms with Gasteiger partial charge in [-0.1, -0.05) is 36.4 Å². The predicted molar refractivity (Wildman–Crippen MR) is 81.7 cm³/mol. The number of nitrogens with zero attached hydrogens (tertiary/aromatic N) is 1. The molecule has 0 heterocycles. The molecule has 0 fully saturated rings. The van der Waals surface area contributed by atoms with Crippen LogP contribution in [0.1, 0.15) is 20.8 Å². The smallest absolute Gasteiger partial charge is 0.138 e. The van der Waals surface area contributed by atoms with E-state index in [0.717, 1.165) is 16.5 Å². The second-order valence-corrected chi connectivity index (χ2v) is 5.51. The molecular weight excluding hydrogens is 248 g/mol. The topological polar surface area (TPSA) is 45.0 Å². The Morgan fingerprint density at radius 1 is 1.20 bits per heavy atom. The van der Waals surface area contributed by atoms with Gasteiger partial charge in [0.15, 0.2) is 0 Å². The lowest BCUT2D eigenvalue weighted by Gasteiger charge is -2.26. The van der Waals surface area contributed by atoms with Crippen LogP contribution in [0.15, 0.2) is 42.5 Å². The van der Waals surface area contributed by atoms with Gasteiger partial charge in [0, 0.05) is 11.4 Å². The van der Waals surface area contributed by atoms with E-state index in [4.69, 9.17) is 4.74 Å². The summed E-state index contributed by atoms with van der Waals surface area (Å²) in [6.07, 6.45) is 0. The zero-order valence-corrected chi connectivity index (χ0v) is 12.2. The quantitative estimate of drug-likeness (QED) is 0.902. The number of nitrogens with one attached hydrogen (secondary N) is 1. The Bertz CT molecular complexity index is 625. The number of ether oxygens (including phenoxy) is 1.